The minimum Gasteiger partial charge on any atom is -0.407 e. The number of nitrogens with one attached hydrogen (secondary N) is 1. The summed E-state index contributed by atoms with van der Waals surface area (Å²) in [6.45, 7) is 11.8. The van der Waals surface area contributed by atoms with Crippen LogP contribution in [0.5, 0.6) is 0 Å². The SMILES string of the molecule is C[C@@H](CC#N)NCC1(CO[Si](c2ccccc2)(c2ccccc2)C(C)(C)C)COC1. The number of nitriles is 1. The number of benzene rings is 2. The zero-order chi connectivity index (χ0) is 21.7. The Balaban J connectivity index is 1.93. The standard InChI is InChI=1S/C25H34N2O2Si/c1-21(15-16-26)27-17-25(18-28-19-25)20-29-30(24(2,3)4,22-11-7-5-8-12-22)23-13-9-6-10-14-23/h5-14,21,27H,15,17-20H2,1-4H3/t21-/m0/s1. The monoisotopic (exact) mass is 422 g/mol. The van der Waals surface area contributed by atoms with Crippen molar-refractivity contribution in [2.45, 2.75) is 45.2 Å². The van der Waals surface area contributed by atoms with Crippen LogP contribution in [-0.4, -0.2) is 40.7 Å². The number of hydrogen-bond acceptors (Lipinski definition) is 4. The summed E-state index contributed by atoms with van der Waals surface area (Å²) >= 11 is 0. The maximum atomic E-state index is 8.96. The van der Waals surface area contributed by atoms with E-state index in [2.05, 4.69) is 99.7 Å². The molecule has 0 bridgehead atoms. The highest BCUT2D eigenvalue weighted by molar-refractivity contribution is 6.99. The molecule has 1 saturated heterocycles. The summed E-state index contributed by atoms with van der Waals surface area (Å²) in [4.78, 5) is 0. The lowest BCUT2D eigenvalue weighted by molar-refractivity contribution is -0.131. The van der Waals surface area contributed by atoms with Crippen LogP contribution in [0.2, 0.25) is 5.04 Å². The zero-order valence-electron chi connectivity index (χ0n) is 18.7. The summed E-state index contributed by atoms with van der Waals surface area (Å²) in [6.07, 6.45) is 0.506. The lowest BCUT2D eigenvalue weighted by atomic mass is 9.87. The molecular weight excluding hydrogens is 388 g/mol. The summed E-state index contributed by atoms with van der Waals surface area (Å²) in [6, 6.07) is 23.9. The van der Waals surface area contributed by atoms with Crippen LogP contribution >= 0.6 is 0 Å². The summed E-state index contributed by atoms with van der Waals surface area (Å²) in [5.74, 6) is 0. The molecule has 1 N–H and O–H groups in total. The van der Waals surface area contributed by atoms with Gasteiger partial charge >= 0.3 is 0 Å². The van der Waals surface area contributed by atoms with Gasteiger partial charge in [0.15, 0.2) is 0 Å². The fourth-order valence-corrected chi connectivity index (χ4v) is 8.93. The van der Waals surface area contributed by atoms with E-state index in [9.17, 15) is 0 Å². The molecule has 1 aliphatic rings. The van der Waals surface area contributed by atoms with Gasteiger partial charge in [-0.1, -0.05) is 81.4 Å². The second-order valence-corrected chi connectivity index (χ2v) is 13.9. The molecule has 4 nitrogen and oxygen atoms in total. The number of hydrogen-bond donors (Lipinski definition) is 1. The van der Waals surface area contributed by atoms with E-state index in [1.54, 1.807) is 0 Å². The van der Waals surface area contributed by atoms with Gasteiger partial charge in [-0.05, 0) is 22.3 Å². The fourth-order valence-electron chi connectivity index (χ4n) is 4.25. The molecule has 0 saturated carbocycles. The molecule has 2 aromatic rings. The molecule has 1 fully saturated rings. The number of nitrogens with zero attached hydrogens (tertiary/aromatic N) is 1. The average molecular weight is 423 g/mol. The van der Waals surface area contributed by atoms with Gasteiger partial charge < -0.3 is 14.5 Å². The molecule has 1 aliphatic heterocycles. The van der Waals surface area contributed by atoms with E-state index in [0.717, 1.165) is 6.54 Å². The Hall–Kier alpha value is -1.97. The first-order valence-corrected chi connectivity index (χ1v) is 12.7. The Morgan fingerprint density at radius 2 is 1.60 bits per heavy atom. The lowest BCUT2D eigenvalue weighted by Crippen LogP contribution is -2.68. The highest BCUT2D eigenvalue weighted by atomic mass is 28.4. The first kappa shape index (κ1) is 22.7. The van der Waals surface area contributed by atoms with Crippen LogP contribution in [0, 0.1) is 16.7 Å². The minimum atomic E-state index is -2.55. The van der Waals surface area contributed by atoms with Gasteiger partial charge in [0.1, 0.15) is 0 Å². The van der Waals surface area contributed by atoms with Gasteiger partial charge in [0.05, 0.1) is 31.1 Å². The zero-order valence-corrected chi connectivity index (χ0v) is 19.7. The molecule has 1 heterocycles. The van der Waals surface area contributed by atoms with Crippen LogP contribution in [0.25, 0.3) is 0 Å². The van der Waals surface area contributed by atoms with Gasteiger partial charge in [-0.3, -0.25) is 0 Å². The van der Waals surface area contributed by atoms with E-state index in [1.165, 1.54) is 10.4 Å². The second-order valence-electron chi connectivity index (χ2n) is 9.59. The molecule has 0 aliphatic carbocycles. The highest BCUT2D eigenvalue weighted by Gasteiger charge is 2.52. The first-order chi connectivity index (χ1) is 14.3. The van der Waals surface area contributed by atoms with Crippen LogP contribution in [0.4, 0.5) is 0 Å². The van der Waals surface area contributed by atoms with E-state index < -0.39 is 8.32 Å². The molecule has 0 aromatic heterocycles. The van der Waals surface area contributed by atoms with Crippen molar-refractivity contribution in [1.29, 1.82) is 5.26 Å². The van der Waals surface area contributed by atoms with Crippen molar-refractivity contribution in [2.75, 3.05) is 26.4 Å². The molecule has 3 rings (SSSR count). The van der Waals surface area contributed by atoms with Crippen molar-refractivity contribution in [1.82, 2.24) is 5.32 Å². The number of rotatable bonds is 9. The molecule has 2 aromatic carbocycles. The molecule has 0 unspecified atom stereocenters. The lowest BCUT2D eigenvalue weighted by Gasteiger charge is -2.48. The van der Waals surface area contributed by atoms with E-state index in [1.807, 2.05) is 0 Å². The van der Waals surface area contributed by atoms with Crippen LogP contribution in [0.15, 0.2) is 60.7 Å². The van der Waals surface area contributed by atoms with Gasteiger partial charge in [-0.25, -0.2) is 0 Å². The van der Waals surface area contributed by atoms with Crippen molar-refractivity contribution in [2.24, 2.45) is 5.41 Å². The third-order valence-corrected chi connectivity index (χ3v) is 11.0. The average Bonchev–Trinajstić information content (AvgIpc) is 2.70. The first-order valence-electron chi connectivity index (χ1n) is 10.8. The largest absolute Gasteiger partial charge is 0.407 e. The summed E-state index contributed by atoms with van der Waals surface area (Å²) in [5, 5.41) is 15.0. The Labute approximate surface area is 182 Å². The van der Waals surface area contributed by atoms with Gasteiger partial charge in [-0.2, -0.15) is 5.26 Å². The Morgan fingerprint density at radius 3 is 2.00 bits per heavy atom. The maximum Gasteiger partial charge on any atom is 0.261 e. The van der Waals surface area contributed by atoms with Crippen LogP contribution in [0.3, 0.4) is 0 Å². The molecule has 30 heavy (non-hydrogen) atoms. The highest BCUT2D eigenvalue weighted by Crippen LogP contribution is 2.39. The third kappa shape index (κ3) is 4.68. The third-order valence-electron chi connectivity index (χ3n) is 6.05. The molecule has 160 valence electrons. The van der Waals surface area contributed by atoms with Gasteiger partial charge in [0, 0.05) is 19.2 Å². The van der Waals surface area contributed by atoms with Gasteiger partial charge in [0.2, 0.25) is 0 Å². The van der Waals surface area contributed by atoms with Crippen LogP contribution in [0.1, 0.15) is 34.1 Å². The second kappa shape index (κ2) is 9.45. The smallest absolute Gasteiger partial charge is 0.261 e. The van der Waals surface area contributed by atoms with Crippen molar-refractivity contribution in [3.8, 4) is 6.07 Å². The molecule has 0 radical (unpaired) electrons. The molecule has 0 spiro atoms. The van der Waals surface area contributed by atoms with Gasteiger partial charge in [-0.15, -0.1) is 0 Å². The number of ether oxygens (including phenoxy) is 1. The van der Waals surface area contributed by atoms with Crippen molar-refractivity contribution < 1.29 is 9.16 Å². The molecule has 1 atom stereocenters. The van der Waals surface area contributed by atoms with E-state index in [4.69, 9.17) is 14.4 Å². The van der Waals surface area contributed by atoms with Crippen LogP contribution in [-0.2, 0) is 9.16 Å². The van der Waals surface area contributed by atoms with E-state index in [-0.39, 0.29) is 16.5 Å². The van der Waals surface area contributed by atoms with Crippen molar-refractivity contribution >= 4 is 18.7 Å². The van der Waals surface area contributed by atoms with E-state index >= 15 is 0 Å². The molecule has 0 amide bonds. The Morgan fingerprint density at radius 1 is 1.07 bits per heavy atom. The quantitative estimate of drug-likeness (QED) is 0.629. The van der Waals surface area contributed by atoms with Crippen LogP contribution < -0.4 is 15.7 Å². The minimum absolute atomic E-state index is 0.0387. The summed E-state index contributed by atoms with van der Waals surface area (Å²) in [7, 11) is -2.55. The summed E-state index contributed by atoms with van der Waals surface area (Å²) < 4.78 is 12.7. The molecular formula is C25H34N2O2Si. The Bertz CT molecular complexity index is 799. The Kier molecular flexibility index (Phi) is 7.15. The topological polar surface area (TPSA) is 54.3 Å². The molecule has 5 heteroatoms. The van der Waals surface area contributed by atoms with Crippen molar-refractivity contribution in [3.05, 3.63) is 60.7 Å². The van der Waals surface area contributed by atoms with E-state index in [0.29, 0.717) is 26.2 Å². The van der Waals surface area contributed by atoms with Crippen molar-refractivity contribution in [3.63, 3.8) is 0 Å². The summed E-state index contributed by atoms with van der Waals surface area (Å²) in [5.41, 5.74) is -0.0449. The predicted molar refractivity (Wildman–Crippen MR) is 125 cm³/mol. The normalized spacial score (nSPS) is 17.0. The fraction of sp³-hybridized carbons (Fsp3) is 0.480. The van der Waals surface area contributed by atoms with Gasteiger partial charge in [0.25, 0.3) is 8.32 Å². The maximum absolute atomic E-state index is 8.96. The predicted octanol–water partition coefficient (Wildman–Crippen LogP) is 3.47.